The Kier molecular flexibility index (Phi) is 6.34. The normalized spacial score (nSPS) is 19.9. The molecule has 1 aromatic carbocycles. The molecule has 0 spiro atoms. The van der Waals surface area contributed by atoms with Crippen LogP contribution in [0.4, 0.5) is 14.5 Å². The number of nitrogens with zero attached hydrogens (tertiary/aromatic N) is 3. The average Bonchev–Trinajstić information content (AvgIpc) is 3.25. The molecule has 2 saturated heterocycles. The maximum Gasteiger partial charge on any atom is 0.171 e. The number of benzene rings is 1. The Morgan fingerprint density at radius 3 is 2.47 bits per heavy atom. The Morgan fingerprint density at radius 2 is 1.80 bits per heavy atom. The first-order valence-corrected chi connectivity index (χ1v) is 10.2. The Labute approximate surface area is 175 Å². The first kappa shape index (κ1) is 20.8. The summed E-state index contributed by atoms with van der Waals surface area (Å²) in [5.74, 6) is -1.59. The molecule has 0 saturated carbocycles. The lowest BCUT2D eigenvalue weighted by Gasteiger charge is -2.29. The maximum atomic E-state index is 15.0. The molecule has 2 aliphatic heterocycles. The third-order valence-electron chi connectivity index (χ3n) is 5.92. The fraction of sp³-hybridized carbons (Fsp3) is 0.500. The lowest BCUT2D eigenvalue weighted by Crippen LogP contribution is -2.36. The van der Waals surface area contributed by atoms with Gasteiger partial charge in [0.05, 0.1) is 27.4 Å². The van der Waals surface area contributed by atoms with Gasteiger partial charge in [0.15, 0.2) is 23.1 Å². The van der Waals surface area contributed by atoms with Crippen LogP contribution in [-0.4, -0.2) is 63.5 Å². The molecule has 3 heterocycles. The number of hydrogen-bond acceptors (Lipinski definition) is 6. The Morgan fingerprint density at radius 1 is 1.10 bits per heavy atom. The molecule has 0 N–H and O–H groups in total. The second kappa shape index (κ2) is 9.14. The van der Waals surface area contributed by atoms with Crippen molar-refractivity contribution in [2.75, 3.05) is 58.5 Å². The summed E-state index contributed by atoms with van der Waals surface area (Å²) in [7, 11) is 2.74. The third kappa shape index (κ3) is 4.06. The average molecular weight is 419 g/mol. The fourth-order valence-electron chi connectivity index (χ4n) is 4.33. The smallest absolute Gasteiger partial charge is 0.171 e. The zero-order valence-corrected chi connectivity index (χ0v) is 17.4. The van der Waals surface area contributed by atoms with Crippen molar-refractivity contribution in [3.05, 3.63) is 47.3 Å². The highest BCUT2D eigenvalue weighted by molar-refractivity contribution is 5.54. The van der Waals surface area contributed by atoms with Crippen LogP contribution in [0.5, 0.6) is 11.5 Å². The summed E-state index contributed by atoms with van der Waals surface area (Å²) < 4.78 is 45.5. The van der Waals surface area contributed by atoms with E-state index in [1.807, 2.05) is 12.3 Å². The van der Waals surface area contributed by atoms with Crippen LogP contribution in [0.2, 0.25) is 0 Å². The highest BCUT2D eigenvalue weighted by Crippen LogP contribution is 2.40. The van der Waals surface area contributed by atoms with Crippen LogP contribution in [0.3, 0.4) is 0 Å². The van der Waals surface area contributed by atoms with Gasteiger partial charge in [0.1, 0.15) is 0 Å². The van der Waals surface area contributed by atoms with Gasteiger partial charge in [0.25, 0.3) is 0 Å². The second-order valence-corrected chi connectivity index (χ2v) is 7.65. The molecule has 30 heavy (non-hydrogen) atoms. The van der Waals surface area contributed by atoms with Crippen LogP contribution in [-0.2, 0) is 11.3 Å². The van der Waals surface area contributed by atoms with Crippen molar-refractivity contribution in [2.24, 2.45) is 0 Å². The van der Waals surface area contributed by atoms with Crippen LogP contribution < -0.4 is 14.4 Å². The molecule has 4 rings (SSSR count). The van der Waals surface area contributed by atoms with Crippen LogP contribution >= 0.6 is 0 Å². The monoisotopic (exact) mass is 419 g/mol. The fourth-order valence-corrected chi connectivity index (χ4v) is 4.33. The lowest BCUT2D eigenvalue weighted by atomic mass is 9.96. The number of anilines is 1. The Hall–Kier alpha value is -2.45. The second-order valence-electron chi connectivity index (χ2n) is 7.65. The molecule has 1 atom stereocenters. The van der Waals surface area contributed by atoms with E-state index in [0.717, 1.165) is 44.1 Å². The number of ether oxygens (including phenoxy) is 3. The SMILES string of the molecule is COc1cc(OC)c(F)c(C2CCN(c3ccncc3CN3CCOCC3)C2)c1F. The number of hydrogen-bond donors (Lipinski definition) is 0. The highest BCUT2D eigenvalue weighted by Gasteiger charge is 2.33. The van der Waals surface area contributed by atoms with E-state index in [1.54, 1.807) is 6.20 Å². The van der Waals surface area contributed by atoms with E-state index in [9.17, 15) is 8.78 Å². The van der Waals surface area contributed by atoms with Crippen molar-refractivity contribution >= 4 is 5.69 Å². The number of pyridine rings is 1. The molecule has 0 bridgehead atoms. The van der Waals surface area contributed by atoms with E-state index >= 15 is 0 Å². The summed E-state index contributed by atoms with van der Waals surface area (Å²) in [6, 6.07) is 3.24. The third-order valence-corrected chi connectivity index (χ3v) is 5.92. The predicted molar refractivity (Wildman–Crippen MR) is 109 cm³/mol. The molecule has 1 aromatic heterocycles. The molecule has 1 unspecified atom stereocenters. The minimum absolute atomic E-state index is 0.00128. The Bertz CT molecular complexity index is 862. The van der Waals surface area contributed by atoms with Gasteiger partial charge in [-0.3, -0.25) is 9.88 Å². The van der Waals surface area contributed by atoms with Crippen LogP contribution in [0.1, 0.15) is 23.5 Å². The van der Waals surface area contributed by atoms with Gasteiger partial charge in [0, 0.05) is 73.9 Å². The van der Waals surface area contributed by atoms with E-state index in [1.165, 1.54) is 20.3 Å². The summed E-state index contributed by atoms with van der Waals surface area (Å²) in [5, 5.41) is 0. The van der Waals surface area contributed by atoms with Gasteiger partial charge in [-0.1, -0.05) is 0 Å². The number of methoxy groups -OCH3 is 2. The van der Waals surface area contributed by atoms with Crippen LogP contribution in [0, 0.1) is 11.6 Å². The minimum atomic E-state index is -0.647. The van der Waals surface area contributed by atoms with E-state index in [0.29, 0.717) is 19.5 Å². The summed E-state index contributed by atoms with van der Waals surface area (Å²) in [4.78, 5) is 8.82. The van der Waals surface area contributed by atoms with E-state index in [-0.39, 0.29) is 23.0 Å². The molecule has 2 fully saturated rings. The van der Waals surface area contributed by atoms with Gasteiger partial charge in [0.2, 0.25) is 0 Å². The van der Waals surface area contributed by atoms with Gasteiger partial charge in [-0.05, 0) is 12.5 Å². The summed E-state index contributed by atoms with van der Waals surface area (Å²) in [5.41, 5.74) is 2.22. The molecule has 162 valence electrons. The Balaban J connectivity index is 1.57. The number of aromatic nitrogens is 1. The lowest BCUT2D eigenvalue weighted by molar-refractivity contribution is 0.0342. The van der Waals surface area contributed by atoms with Crippen LogP contribution in [0.15, 0.2) is 24.5 Å². The summed E-state index contributed by atoms with van der Waals surface area (Å²) in [6.07, 6.45) is 4.29. The molecule has 8 heteroatoms. The van der Waals surface area contributed by atoms with Crippen molar-refractivity contribution in [1.29, 1.82) is 0 Å². The molecule has 0 amide bonds. The number of rotatable bonds is 6. The summed E-state index contributed by atoms with van der Waals surface area (Å²) >= 11 is 0. The summed E-state index contributed by atoms with van der Waals surface area (Å²) in [6.45, 7) is 5.25. The predicted octanol–water partition coefficient (Wildman–Crippen LogP) is 3.20. The van der Waals surface area contributed by atoms with Crippen molar-refractivity contribution in [2.45, 2.75) is 18.9 Å². The van der Waals surface area contributed by atoms with Gasteiger partial charge in [-0.15, -0.1) is 0 Å². The van der Waals surface area contributed by atoms with Crippen molar-refractivity contribution in [3.8, 4) is 11.5 Å². The number of morpholine rings is 1. The molecule has 0 radical (unpaired) electrons. The standard InChI is InChI=1S/C22H27F2N3O3/c1-28-18-11-19(29-2)22(24)20(21(18)23)15-4-6-27(14-15)17-3-5-25-12-16(17)13-26-7-9-30-10-8-26/h3,5,11-12,15H,4,6-10,13-14H2,1-2H3. The minimum Gasteiger partial charge on any atom is -0.494 e. The molecule has 2 aliphatic rings. The highest BCUT2D eigenvalue weighted by atomic mass is 19.1. The topological polar surface area (TPSA) is 47.1 Å². The maximum absolute atomic E-state index is 15.0. The van der Waals surface area contributed by atoms with Gasteiger partial charge in [-0.25, -0.2) is 8.78 Å². The van der Waals surface area contributed by atoms with E-state index < -0.39 is 11.6 Å². The quantitative estimate of drug-likeness (QED) is 0.717. The molecular formula is C22H27F2N3O3. The molecule has 0 aliphatic carbocycles. The van der Waals surface area contributed by atoms with E-state index in [4.69, 9.17) is 14.2 Å². The van der Waals surface area contributed by atoms with Gasteiger partial charge >= 0.3 is 0 Å². The molecular weight excluding hydrogens is 392 g/mol. The number of halogens is 2. The largest absolute Gasteiger partial charge is 0.494 e. The molecule has 2 aromatic rings. The zero-order chi connectivity index (χ0) is 21.1. The van der Waals surface area contributed by atoms with Crippen LogP contribution in [0.25, 0.3) is 0 Å². The van der Waals surface area contributed by atoms with Crippen molar-refractivity contribution in [3.63, 3.8) is 0 Å². The van der Waals surface area contributed by atoms with Gasteiger partial charge in [-0.2, -0.15) is 0 Å². The van der Waals surface area contributed by atoms with Crippen molar-refractivity contribution in [1.82, 2.24) is 9.88 Å². The van der Waals surface area contributed by atoms with Gasteiger partial charge < -0.3 is 19.1 Å². The van der Waals surface area contributed by atoms with Crippen molar-refractivity contribution < 1.29 is 23.0 Å². The van der Waals surface area contributed by atoms with E-state index in [2.05, 4.69) is 14.8 Å². The first-order valence-electron chi connectivity index (χ1n) is 10.2. The molecule has 6 nitrogen and oxygen atoms in total. The first-order chi connectivity index (χ1) is 14.6. The zero-order valence-electron chi connectivity index (χ0n) is 17.4.